The topological polar surface area (TPSA) is 86.7 Å². The molecule has 1 unspecified atom stereocenters. The number of rotatable bonds is 7. The minimum absolute atomic E-state index is 0.174. The number of nitrogens with one attached hydrogen (secondary N) is 1. The van der Waals surface area contributed by atoms with Crippen LogP contribution < -0.4 is 5.32 Å². The molecule has 2 N–H and O–H groups in total. The van der Waals surface area contributed by atoms with Gasteiger partial charge in [-0.3, -0.25) is 14.4 Å². The summed E-state index contributed by atoms with van der Waals surface area (Å²) in [6, 6.07) is 6.75. The van der Waals surface area contributed by atoms with Gasteiger partial charge in [-0.2, -0.15) is 0 Å². The number of piperidine rings is 1. The normalized spacial score (nSPS) is 15.7. The van der Waals surface area contributed by atoms with Crippen LogP contribution in [-0.2, 0) is 14.4 Å². The van der Waals surface area contributed by atoms with Crippen molar-refractivity contribution in [3.8, 4) is 0 Å². The zero-order valence-electron chi connectivity index (χ0n) is 17.2. The molecule has 0 bridgehead atoms. The van der Waals surface area contributed by atoms with Gasteiger partial charge in [0.25, 0.3) is 0 Å². The molecule has 32 heavy (non-hydrogen) atoms. The zero-order chi connectivity index (χ0) is 23.3. The summed E-state index contributed by atoms with van der Waals surface area (Å²) in [6.45, 7) is 2.27. The monoisotopic (exact) mass is 512 g/mol. The van der Waals surface area contributed by atoms with Crippen LogP contribution >= 0.6 is 46.3 Å². The van der Waals surface area contributed by atoms with Crippen molar-refractivity contribution in [2.75, 3.05) is 13.1 Å². The number of carbonyl (C=O) groups excluding carboxylic acids is 2. The number of halogens is 2. The van der Waals surface area contributed by atoms with Crippen molar-refractivity contribution in [1.29, 1.82) is 0 Å². The predicted molar refractivity (Wildman–Crippen MR) is 128 cm³/mol. The third-order valence-electron chi connectivity index (χ3n) is 5.09. The molecule has 2 aromatic rings. The molecule has 1 aliphatic heterocycles. The minimum atomic E-state index is -1.08. The molecule has 0 radical (unpaired) electrons. The van der Waals surface area contributed by atoms with E-state index >= 15 is 0 Å². The fraction of sp³-hybridized carbons (Fsp3) is 0.318. The Hall–Kier alpha value is -2.00. The minimum Gasteiger partial charge on any atom is -0.480 e. The summed E-state index contributed by atoms with van der Waals surface area (Å²) in [5, 5.41) is 14.2. The van der Waals surface area contributed by atoms with Crippen LogP contribution in [0.3, 0.4) is 0 Å². The first-order chi connectivity index (χ1) is 15.3. The summed E-state index contributed by atoms with van der Waals surface area (Å²) in [7, 11) is 0. The lowest BCUT2D eigenvalue weighted by molar-refractivity contribution is -0.142. The van der Waals surface area contributed by atoms with Gasteiger partial charge >= 0.3 is 5.97 Å². The van der Waals surface area contributed by atoms with Crippen LogP contribution in [0.5, 0.6) is 0 Å². The van der Waals surface area contributed by atoms with Gasteiger partial charge in [0.15, 0.2) is 0 Å². The molecule has 1 aliphatic rings. The smallest absolute Gasteiger partial charge is 0.325 e. The molecule has 2 heterocycles. The van der Waals surface area contributed by atoms with Crippen LogP contribution in [0.15, 0.2) is 44.8 Å². The average Bonchev–Trinajstić information content (AvgIpc) is 3.29. The molecule has 1 aromatic carbocycles. The number of amides is 2. The molecule has 0 aliphatic carbocycles. The average molecular weight is 513 g/mol. The number of hydrogen-bond donors (Lipinski definition) is 2. The van der Waals surface area contributed by atoms with E-state index in [2.05, 4.69) is 5.32 Å². The molecule has 1 atom stereocenters. The number of likely N-dealkylation sites (tertiary alicyclic amines) is 1. The summed E-state index contributed by atoms with van der Waals surface area (Å²) in [4.78, 5) is 38.1. The highest BCUT2D eigenvalue weighted by molar-refractivity contribution is 8.01. The molecule has 170 valence electrons. The lowest BCUT2D eigenvalue weighted by Crippen LogP contribution is -2.46. The molecular formula is C22H22Cl2N2O4S2. The van der Waals surface area contributed by atoms with Crippen molar-refractivity contribution >= 4 is 70.2 Å². The second-order valence-corrected chi connectivity index (χ2v) is 10.4. The highest BCUT2D eigenvalue weighted by Crippen LogP contribution is 2.40. The maximum absolute atomic E-state index is 12.6. The third kappa shape index (κ3) is 6.28. The number of thiophene rings is 1. The van der Waals surface area contributed by atoms with Crippen LogP contribution in [0.4, 0.5) is 0 Å². The molecule has 1 saturated heterocycles. The van der Waals surface area contributed by atoms with E-state index in [1.807, 2.05) is 29.6 Å². The Morgan fingerprint density at radius 3 is 2.56 bits per heavy atom. The summed E-state index contributed by atoms with van der Waals surface area (Å²) in [5.74, 6) is -1.84. The lowest BCUT2D eigenvalue weighted by Gasteiger charge is -2.31. The van der Waals surface area contributed by atoms with E-state index in [0.717, 1.165) is 9.10 Å². The van der Waals surface area contributed by atoms with E-state index in [4.69, 9.17) is 28.3 Å². The first-order valence-corrected chi connectivity index (χ1v) is 12.4. The van der Waals surface area contributed by atoms with Crippen LogP contribution in [0.25, 0.3) is 6.08 Å². The summed E-state index contributed by atoms with van der Waals surface area (Å²) in [6.07, 6.45) is 4.07. The van der Waals surface area contributed by atoms with E-state index in [0.29, 0.717) is 41.5 Å². The van der Waals surface area contributed by atoms with Crippen molar-refractivity contribution in [1.82, 2.24) is 10.2 Å². The second-order valence-electron chi connectivity index (χ2n) is 7.32. The molecule has 1 aromatic heterocycles. The van der Waals surface area contributed by atoms with Gasteiger partial charge in [0.2, 0.25) is 11.8 Å². The summed E-state index contributed by atoms with van der Waals surface area (Å²) in [5.41, 5.74) is 0.650. The van der Waals surface area contributed by atoms with E-state index in [-0.39, 0.29) is 17.7 Å². The number of carboxylic acid groups (broad SMARTS) is 1. The van der Waals surface area contributed by atoms with Gasteiger partial charge in [0.05, 0.1) is 14.3 Å². The predicted octanol–water partition coefficient (Wildman–Crippen LogP) is 5.05. The number of carbonyl (C=O) groups is 3. The first-order valence-electron chi connectivity index (χ1n) is 9.95. The van der Waals surface area contributed by atoms with Crippen LogP contribution in [0, 0.1) is 5.92 Å². The number of aliphatic carboxylic acids is 1. The largest absolute Gasteiger partial charge is 0.480 e. The molecule has 0 spiro atoms. The maximum atomic E-state index is 12.6. The maximum Gasteiger partial charge on any atom is 0.325 e. The van der Waals surface area contributed by atoms with E-state index in [1.165, 1.54) is 24.8 Å². The Bertz CT molecular complexity index is 1020. The van der Waals surface area contributed by atoms with Crippen molar-refractivity contribution < 1.29 is 19.5 Å². The Morgan fingerprint density at radius 2 is 1.94 bits per heavy atom. The fourth-order valence-electron chi connectivity index (χ4n) is 3.21. The van der Waals surface area contributed by atoms with Crippen LogP contribution in [0.2, 0.25) is 10.0 Å². The SMILES string of the molecule is CC(NC(=O)C1CCN(C(=O)C=Cc2ccc(Sc3cccs3)c(Cl)c2Cl)CC1)C(=O)O. The lowest BCUT2D eigenvalue weighted by atomic mass is 9.95. The third-order valence-corrected chi connectivity index (χ3v) is 8.20. The number of carboxylic acids is 1. The first kappa shape index (κ1) is 24.6. The number of hydrogen-bond acceptors (Lipinski definition) is 5. The molecule has 3 rings (SSSR count). The highest BCUT2D eigenvalue weighted by atomic mass is 35.5. The van der Waals surface area contributed by atoms with E-state index in [9.17, 15) is 14.4 Å². The Kier molecular flexibility index (Phi) is 8.64. The van der Waals surface area contributed by atoms with Gasteiger partial charge in [-0.1, -0.05) is 47.1 Å². The van der Waals surface area contributed by atoms with Crippen molar-refractivity contribution in [3.63, 3.8) is 0 Å². The Morgan fingerprint density at radius 1 is 1.22 bits per heavy atom. The molecule has 2 amide bonds. The van der Waals surface area contributed by atoms with Gasteiger partial charge < -0.3 is 15.3 Å². The Balaban J connectivity index is 1.56. The van der Waals surface area contributed by atoms with Gasteiger partial charge in [-0.25, -0.2) is 0 Å². The zero-order valence-corrected chi connectivity index (χ0v) is 20.4. The number of benzene rings is 1. The van der Waals surface area contributed by atoms with Crippen molar-refractivity contribution in [3.05, 3.63) is 51.3 Å². The highest BCUT2D eigenvalue weighted by Gasteiger charge is 2.28. The van der Waals surface area contributed by atoms with Crippen molar-refractivity contribution in [2.45, 2.75) is 34.9 Å². The molecule has 1 fully saturated rings. The van der Waals surface area contributed by atoms with Gasteiger partial charge in [-0.15, -0.1) is 11.3 Å². The molecule has 0 saturated carbocycles. The standard InChI is InChI=1S/C22H22Cl2N2O4S2/c1-13(22(29)30)25-21(28)15-8-10-26(11-9-15)17(27)7-5-14-4-6-16(20(24)19(14)23)32-18-3-2-12-31-18/h2-7,12-13,15H,8-11H2,1H3,(H,25,28)(H,29,30). The van der Waals surface area contributed by atoms with Crippen LogP contribution in [-0.4, -0.2) is 46.9 Å². The van der Waals surface area contributed by atoms with Gasteiger partial charge in [0, 0.05) is 30.0 Å². The summed E-state index contributed by atoms with van der Waals surface area (Å²) >= 11 is 16.0. The molecule has 10 heteroatoms. The fourth-order valence-corrected chi connectivity index (χ4v) is 5.55. The van der Waals surface area contributed by atoms with E-state index < -0.39 is 12.0 Å². The van der Waals surface area contributed by atoms with E-state index in [1.54, 1.807) is 22.3 Å². The van der Waals surface area contributed by atoms with Crippen LogP contribution in [0.1, 0.15) is 25.3 Å². The quantitative estimate of drug-likeness (QED) is 0.507. The number of nitrogens with zero attached hydrogens (tertiary/aromatic N) is 1. The molecule has 6 nitrogen and oxygen atoms in total. The van der Waals surface area contributed by atoms with Crippen molar-refractivity contribution in [2.24, 2.45) is 5.92 Å². The Labute approximate surface area is 204 Å². The molecular weight excluding hydrogens is 491 g/mol. The van der Waals surface area contributed by atoms with Gasteiger partial charge in [-0.05, 0) is 48.9 Å². The van der Waals surface area contributed by atoms with Gasteiger partial charge in [0.1, 0.15) is 6.04 Å². The summed E-state index contributed by atoms with van der Waals surface area (Å²) < 4.78 is 1.11. The second kappa shape index (κ2) is 11.2.